The van der Waals surface area contributed by atoms with Crippen molar-refractivity contribution in [2.24, 2.45) is 0 Å². The van der Waals surface area contributed by atoms with Crippen LogP contribution in [0.3, 0.4) is 0 Å². The SMILES string of the molecule is Cc1ccc(C(=O)N(C)c2ccc(OC(=O)c3cccs3)cc2)cc1. The summed E-state index contributed by atoms with van der Waals surface area (Å²) >= 11 is 1.33. The van der Waals surface area contributed by atoms with E-state index in [4.69, 9.17) is 4.74 Å². The van der Waals surface area contributed by atoms with Crippen LogP contribution in [0, 0.1) is 6.92 Å². The molecule has 0 spiro atoms. The highest BCUT2D eigenvalue weighted by Crippen LogP contribution is 2.22. The Hall–Kier alpha value is -2.92. The van der Waals surface area contributed by atoms with Crippen molar-refractivity contribution in [3.8, 4) is 5.75 Å². The van der Waals surface area contributed by atoms with E-state index in [0.717, 1.165) is 11.3 Å². The van der Waals surface area contributed by atoms with Crippen molar-refractivity contribution in [2.75, 3.05) is 11.9 Å². The molecule has 1 aromatic heterocycles. The van der Waals surface area contributed by atoms with Crippen LogP contribution in [0.25, 0.3) is 0 Å². The van der Waals surface area contributed by atoms with Gasteiger partial charge in [-0.2, -0.15) is 0 Å². The lowest BCUT2D eigenvalue weighted by atomic mass is 10.1. The van der Waals surface area contributed by atoms with Crippen molar-refractivity contribution in [3.63, 3.8) is 0 Å². The Morgan fingerprint density at radius 2 is 1.64 bits per heavy atom. The number of hydrogen-bond donors (Lipinski definition) is 0. The van der Waals surface area contributed by atoms with Gasteiger partial charge in [0.15, 0.2) is 0 Å². The van der Waals surface area contributed by atoms with E-state index in [1.807, 2.05) is 36.6 Å². The number of thiophene rings is 1. The number of nitrogens with zero attached hydrogens (tertiary/aromatic N) is 1. The summed E-state index contributed by atoms with van der Waals surface area (Å²) in [5.41, 5.74) is 2.46. The molecule has 0 aliphatic heterocycles. The molecule has 126 valence electrons. The largest absolute Gasteiger partial charge is 0.422 e. The summed E-state index contributed by atoms with van der Waals surface area (Å²) in [5, 5.41) is 1.82. The highest BCUT2D eigenvalue weighted by Gasteiger charge is 2.14. The van der Waals surface area contributed by atoms with E-state index in [2.05, 4.69) is 0 Å². The van der Waals surface area contributed by atoms with Crippen LogP contribution in [0.2, 0.25) is 0 Å². The van der Waals surface area contributed by atoms with E-state index in [-0.39, 0.29) is 11.9 Å². The van der Waals surface area contributed by atoms with Crippen LogP contribution in [0.15, 0.2) is 66.0 Å². The molecule has 0 bridgehead atoms. The third-order valence-corrected chi connectivity index (χ3v) is 4.61. The van der Waals surface area contributed by atoms with Gasteiger partial charge < -0.3 is 9.64 Å². The topological polar surface area (TPSA) is 46.6 Å². The Bertz CT molecular complexity index is 868. The summed E-state index contributed by atoms with van der Waals surface area (Å²) in [7, 11) is 1.72. The van der Waals surface area contributed by atoms with Gasteiger partial charge in [-0.15, -0.1) is 11.3 Å². The second-order valence-corrected chi connectivity index (χ2v) is 6.54. The third kappa shape index (κ3) is 3.95. The molecule has 0 saturated heterocycles. The molecule has 2 aromatic carbocycles. The van der Waals surface area contributed by atoms with Crippen molar-refractivity contribution in [1.29, 1.82) is 0 Å². The number of benzene rings is 2. The second kappa shape index (κ2) is 7.32. The maximum Gasteiger partial charge on any atom is 0.353 e. The van der Waals surface area contributed by atoms with Crippen molar-refractivity contribution in [1.82, 2.24) is 0 Å². The minimum Gasteiger partial charge on any atom is -0.422 e. The Morgan fingerprint density at radius 1 is 0.960 bits per heavy atom. The summed E-state index contributed by atoms with van der Waals surface area (Å²) in [6.45, 7) is 1.98. The molecule has 0 unspecified atom stereocenters. The van der Waals surface area contributed by atoms with Gasteiger partial charge in [-0.3, -0.25) is 4.79 Å². The fourth-order valence-electron chi connectivity index (χ4n) is 2.30. The summed E-state index contributed by atoms with van der Waals surface area (Å²) in [6, 6.07) is 17.8. The van der Waals surface area contributed by atoms with Crippen molar-refractivity contribution < 1.29 is 14.3 Å². The normalized spacial score (nSPS) is 10.3. The number of aryl methyl sites for hydroxylation is 1. The first-order valence-corrected chi connectivity index (χ1v) is 8.63. The van der Waals surface area contributed by atoms with Crippen LogP contribution in [0.5, 0.6) is 5.75 Å². The van der Waals surface area contributed by atoms with Crippen LogP contribution in [0.4, 0.5) is 5.69 Å². The summed E-state index contributed by atoms with van der Waals surface area (Å²) in [5.74, 6) is -0.0338. The van der Waals surface area contributed by atoms with Gasteiger partial charge >= 0.3 is 5.97 Å². The molecule has 0 N–H and O–H groups in total. The number of rotatable bonds is 4. The molecule has 0 radical (unpaired) electrons. The van der Waals surface area contributed by atoms with Crippen molar-refractivity contribution in [3.05, 3.63) is 82.0 Å². The van der Waals surface area contributed by atoms with Crippen LogP contribution >= 0.6 is 11.3 Å². The van der Waals surface area contributed by atoms with E-state index in [1.54, 1.807) is 48.3 Å². The predicted octanol–water partition coefficient (Wildman–Crippen LogP) is 4.55. The number of hydrogen-bond acceptors (Lipinski definition) is 4. The first-order valence-electron chi connectivity index (χ1n) is 7.75. The van der Waals surface area contributed by atoms with Gasteiger partial charge in [-0.05, 0) is 54.8 Å². The van der Waals surface area contributed by atoms with E-state index >= 15 is 0 Å². The highest BCUT2D eigenvalue weighted by atomic mass is 32.1. The monoisotopic (exact) mass is 351 g/mol. The number of amides is 1. The Morgan fingerprint density at radius 3 is 2.24 bits per heavy atom. The number of ether oxygens (including phenoxy) is 1. The molecular formula is C20H17NO3S. The third-order valence-electron chi connectivity index (χ3n) is 3.76. The fraction of sp³-hybridized carbons (Fsp3) is 0.100. The minimum atomic E-state index is -0.383. The van der Waals surface area contributed by atoms with Crippen LogP contribution < -0.4 is 9.64 Å². The van der Waals surface area contributed by atoms with Crippen molar-refractivity contribution >= 4 is 28.9 Å². The lowest BCUT2D eigenvalue weighted by molar-refractivity contribution is 0.0739. The predicted molar refractivity (Wildman–Crippen MR) is 99.6 cm³/mol. The Labute approximate surface area is 150 Å². The molecule has 1 amide bonds. The number of esters is 1. The first kappa shape index (κ1) is 16.9. The molecule has 25 heavy (non-hydrogen) atoms. The summed E-state index contributed by atoms with van der Waals surface area (Å²) < 4.78 is 5.32. The van der Waals surface area contributed by atoms with Gasteiger partial charge in [-0.1, -0.05) is 23.8 Å². The Kier molecular flexibility index (Phi) is 4.95. The quantitative estimate of drug-likeness (QED) is 0.512. The molecule has 3 aromatic rings. The van der Waals surface area contributed by atoms with Crippen LogP contribution in [-0.4, -0.2) is 18.9 Å². The van der Waals surface area contributed by atoms with Crippen LogP contribution in [-0.2, 0) is 0 Å². The number of carbonyl (C=O) groups excluding carboxylic acids is 2. The molecule has 0 aliphatic carbocycles. The highest BCUT2D eigenvalue weighted by molar-refractivity contribution is 7.12. The van der Waals surface area contributed by atoms with E-state index in [1.165, 1.54) is 11.3 Å². The smallest absolute Gasteiger partial charge is 0.353 e. The molecule has 0 saturated carbocycles. The zero-order valence-electron chi connectivity index (χ0n) is 13.9. The maximum atomic E-state index is 12.5. The summed E-state index contributed by atoms with van der Waals surface area (Å²) in [6.07, 6.45) is 0. The average molecular weight is 351 g/mol. The number of carbonyl (C=O) groups is 2. The van der Waals surface area contributed by atoms with E-state index < -0.39 is 0 Å². The standard InChI is InChI=1S/C20H17NO3S/c1-14-5-7-15(8-6-14)19(22)21(2)16-9-11-17(12-10-16)24-20(23)18-4-3-13-25-18/h3-13H,1-2H3. The molecule has 3 rings (SSSR count). The molecule has 4 nitrogen and oxygen atoms in total. The molecule has 5 heteroatoms. The van der Waals surface area contributed by atoms with E-state index in [9.17, 15) is 9.59 Å². The van der Waals surface area contributed by atoms with Gasteiger partial charge in [0.25, 0.3) is 5.91 Å². The number of anilines is 1. The maximum absolute atomic E-state index is 12.5. The van der Waals surface area contributed by atoms with Gasteiger partial charge in [0.1, 0.15) is 10.6 Å². The van der Waals surface area contributed by atoms with Gasteiger partial charge in [0, 0.05) is 18.3 Å². The van der Waals surface area contributed by atoms with Crippen molar-refractivity contribution in [2.45, 2.75) is 6.92 Å². The zero-order valence-corrected chi connectivity index (χ0v) is 14.7. The minimum absolute atomic E-state index is 0.0941. The molecular weight excluding hydrogens is 334 g/mol. The first-order chi connectivity index (χ1) is 12.0. The molecule has 0 atom stereocenters. The summed E-state index contributed by atoms with van der Waals surface area (Å²) in [4.78, 5) is 26.6. The van der Waals surface area contributed by atoms with E-state index in [0.29, 0.717) is 16.2 Å². The average Bonchev–Trinajstić information content (AvgIpc) is 3.17. The van der Waals surface area contributed by atoms with Gasteiger partial charge in [0.05, 0.1) is 0 Å². The van der Waals surface area contributed by atoms with Gasteiger partial charge in [0.2, 0.25) is 0 Å². The molecule has 0 aliphatic rings. The molecule has 1 heterocycles. The Balaban J connectivity index is 1.70. The zero-order chi connectivity index (χ0) is 17.8. The second-order valence-electron chi connectivity index (χ2n) is 5.59. The molecule has 0 fully saturated rings. The fourth-order valence-corrected chi connectivity index (χ4v) is 2.90. The lowest BCUT2D eigenvalue weighted by Gasteiger charge is -2.18. The van der Waals surface area contributed by atoms with Crippen LogP contribution in [0.1, 0.15) is 25.6 Å². The van der Waals surface area contributed by atoms with Gasteiger partial charge in [-0.25, -0.2) is 4.79 Å². The lowest BCUT2D eigenvalue weighted by Crippen LogP contribution is -2.26.